The van der Waals surface area contributed by atoms with E-state index in [4.69, 9.17) is 29.4 Å². The highest BCUT2D eigenvalue weighted by Gasteiger charge is 2.32. The molecule has 1 atom stereocenters. The van der Waals surface area contributed by atoms with Crippen LogP contribution in [0, 0.1) is 11.3 Å². The lowest BCUT2D eigenvalue weighted by molar-refractivity contribution is 0.0734. The molecular weight excluding hydrogens is 508 g/mol. The van der Waals surface area contributed by atoms with E-state index in [1.54, 1.807) is 49.6 Å². The molecule has 1 aliphatic heterocycles. The van der Waals surface area contributed by atoms with Gasteiger partial charge in [0.15, 0.2) is 11.5 Å². The number of nitrogens with zero attached hydrogens (tertiary/aromatic N) is 1. The molecule has 0 fully saturated rings. The highest BCUT2D eigenvalue weighted by atomic mass is 16.5. The van der Waals surface area contributed by atoms with Gasteiger partial charge in [0.05, 0.1) is 31.8 Å². The topological polar surface area (TPSA) is 113 Å². The van der Waals surface area contributed by atoms with Gasteiger partial charge in [-0.1, -0.05) is 44.9 Å². The van der Waals surface area contributed by atoms with Gasteiger partial charge in [0.1, 0.15) is 28.9 Å². The Morgan fingerprint density at radius 2 is 1.80 bits per heavy atom. The Hall–Kier alpha value is -4.64. The van der Waals surface area contributed by atoms with Gasteiger partial charge < -0.3 is 29.4 Å². The van der Waals surface area contributed by atoms with Gasteiger partial charge in [-0.3, -0.25) is 0 Å². The van der Waals surface area contributed by atoms with Crippen molar-refractivity contribution in [3.8, 4) is 34.8 Å². The largest absolute Gasteiger partial charge is 0.494 e. The fraction of sp³-hybridized carbons (Fsp3) is 0.312. The number of benzene rings is 3. The van der Waals surface area contributed by atoms with Gasteiger partial charge in [0, 0.05) is 11.6 Å². The Morgan fingerprint density at radius 1 is 0.950 bits per heavy atom. The average Bonchev–Trinajstić information content (AvgIpc) is 2.97. The second kappa shape index (κ2) is 13.4. The molecule has 208 valence electrons. The molecule has 8 heteroatoms. The van der Waals surface area contributed by atoms with Gasteiger partial charge in [0.25, 0.3) is 0 Å². The standard InChI is InChI=1S/C32H34N2O6/c1-4-6-7-16-38-27-14-11-21(18-29(27)36-3)30-25-13-12-24(19-28(25)40-31(34)26(30)20-33)39-32(35)22-9-8-10-23(17-22)37-15-5-2/h8-14,17-19,30H,4-7,15-16,34H2,1-3H3. The first-order valence-corrected chi connectivity index (χ1v) is 13.5. The maximum Gasteiger partial charge on any atom is 0.343 e. The monoisotopic (exact) mass is 542 g/mol. The predicted octanol–water partition coefficient (Wildman–Crippen LogP) is 6.49. The fourth-order valence-electron chi connectivity index (χ4n) is 4.46. The normalized spacial score (nSPS) is 14.0. The molecule has 1 heterocycles. The molecule has 4 rings (SSSR count). The molecule has 0 aliphatic carbocycles. The SMILES string of the molecule is CCCCCOc1ccc(C2C(C#N)=C(N)Oc3cc(OC(=O)c4cccc(OCCC)c4)ccc32)cc1OC. The smallest absolute Gasteiger partial charge is 0.343 e. The number of nitrogens with two attached hydrogens (primary N) is 1. The van der Waals surface area contributed by atoms with Crippen LogP contribution in [0.1, 0.15) is 66.9 Å². The number of hydrogen-bond acceptors (Lipinski definition) is 8. The van der Waals surface area contributed by atoms with Gasteiger partial charge in [-0.05, 0) is 54.8 Å². The molecule has 0 aromatic heterocycles. The van der Waals surface area contributed by atoms with Crippen LogP contribution in [0.15, 0.2) is 72.1 Å². The summed E-state index contributed by atoms with van der Waals surface area (Å²) in [5, 5.41) is 9.94. The van der Waals surface area contributed by atoms with Crippen molar-refractivity contribution in [2.45, 2.75) is 45.4 Å². The van der Waals surface area contributed by atoms with E-state index in [2.05, 4.69) is 13.0 Å². The predicted molar refractivity (Wildman–Crippen MR) is 151 cm³/mol. The van der Waals surface area contributed by atoms with E-state index >= 15 is 0 Å². The zero-order chi connectivity index (χ0) is 28.5. The third-order valence-electron chi connectivity index (χ3n) is 6.47. The van der Waals surface area contributed by atoms with Crippen molar-refractivity contribution < 1.29 is 28.5 Å². The van der Waals surface area contributed by atoms with Crippen molar-refractivity contribution >= 4 is 5.97 Å². The molecule has 0 radical (unpaired) electrons. The number of methoxy groups -OCH3 is 1. The first kappa shape index (κ1) is 28.4. The lowest BCUT2D eigenvalue weighted by Crippen LogP contribution is -2.21. The molecule has 2 N–H and O–H groups in total. The quantitative estimate of drug-likeness (QED) is 0.157. The third kappa shape index (κ3) is 6.49. The van der Waals surface area contributed by atoms with Gasteiger partial charge in [-0.25, -0.2) is 4.79 Å². The Balaban J connectivity index is 1.60. The van der Waals surface area contributed by atoms with Crippen LogP contribution in [-0.4, -0.2) is 26.3 Å². The minimum Gasteiger partial charge on any atom is -0.494 e. The number of esters is 1. The Labute approximate surface area is 234 Å². The van der Waals surface area contributed by atoms with Crippen molar-refractivity contribution in [3.63, 3.8) is 0 Å². The lowest BCUT2D eigenvalue weighted by atomic mass is 9.83. The van der Waals surface area contributed by atoms with E-state index in [1.807, 2.05) is 25.1 Å². The maximum absolute atomic E-state index is 12.8. The molecular formula is C32H34N2O6. The molecule has 8 nitrogen and oxygen atoms in total. The molecule has 40 heavy (non-hydrogen) atoms. The van der Waals surface area contributed by atoms with Crippen LogP contribution in [0.4, 0.5) is 0 Å². The van der Waals surface area contributed by atoms with E-state index in [9.17, 15) is 10.1 Å². The summed E-state index contributed by atoms with van der Waals surface area (Å²) in [5.41, 5.74) is 8.32. The zero-order valence-corrected chi connectivity index (χ0v) is 23.1. The summed E-state index contributed by atoms with van der Waals surface area (Å²) in [7, 11) is 1.58. The van der Waals surface area contributed by atoms with Crippen LogP contribution in [0.3, 0.4) is 0 Å². The van der Waals surface area contributed by atoms with Crippen molar-refractivity contribution in [1.82, 2.24) is 0 Å². The minimum atomic E-state index is -0.533. The molecule has 0 saturated carbocycles. The second-order valence-electron chi connectivity index (χ2n) is 9.36. The van der Waals surface area contributed by atoms with Crippen molar-refractivity contribution in [2.24, 2.45) is 5.73 Å². The summed E-state index contributed by atoms with van der Waals surface area (Å²) in [5.74, 6) is 1.43. The average molecular weight is 543 g/mol. The summed E-state index contributed by atoms with van der Waals surface area (Å²) in [6.07, 6.45) is 4.01. The van der Waals surface area contributed by atoms with Crippen molar-refractivity contribution in [3.05, 3.63) is 88.8 Å². The molecule has 1 unspecified atom stereocenters. The van der Waals surface area contributed by atoms with Gasteiger partial charge in [-0.2, -0.15) is 5.26 Å². The summed E-state index contributed by atoms with van der Waals surface area (Å²) < 4.78 is 28.6. The molecule has 0 spiro atoms. The second-order valence-corrected chi connectivity index (χ2v) is 9.36. The number of hydrogen-bond donors (Lipinski definition) is 1. The summed E-state index contributed by atoms with van der Waals surface area (Å²) in [4.78, 5) is 12.8. The van der Waals surface area contributed by atoms with Gasteiger partial charge in [0.2, 0.25) is 5.88 Å². The summed E-state index contributed by atoms with van der Waals surface area (Å²) in [6.45, 7) is 5.31. The van der Waals surface area contributed by atoms with Crippen LogP contribution < -0.4 is 29.4 Å². The molecule has 3 aromatic carbocycles. The van der Waals surface area contributed by atoms with Crippen molar-refractivity contribution in [1.29, 1.82) is 5.26 Å². The summed E-state index contributed by atoms with van der Waals surface area (Å²) in [6, 6.07) is 19.7. The molecule has 0 saturated heterocycles. The number of allylic oxidation sites excluding steroid dienone is 1. The Bertz CT molecular complexity index is 1430. The molecule has 3 aromatic rings. The van der Waals surface area contributed by atoms with E-state index < -0.39 is 11.9 Å². The number of carbonyl (C=O) groups is 1. The number of fused-ring (bicyclic) bond motifs is 1. The number of ether oxygens (including phenoxy) is 5. The van der Waals surface area contributed by atoms with E-state index in [0.29, 0.717) is 47.3 Å². The minimum absolute atomic E-state index is 0.0110. The third-order valence-corrected chi connectivity index (χ3v) is 6.47. The van der Waals surface area contributed by atoms with Crippen LogP contribution in [0.2, 0.25) is 0 Å². The molecule has 0 bridgehead atoms. The van der Waals surface area contributed by atoms with Crippen LogP contribution in [0.25, 0.3) is 0 Å². The number of rotatable bonds is 12. The Morgan fingerprint density at radius 3 is 2.55 bits per heavy atom. The van der Waals surface area contributed by atoms with Gasteiger partial charge in [-0.15, -0.1) is 0 Å². The number of carbonyl (C=O) groups excluding carboxylic acids is 1. The molecule has 1 aliphatic rings. The van der Waals surface area contributed by atoms with E-state index in [0.717, 1.165) is 31.2 Å². The number of nitriles is 1. The maximum atomic E-state index is 12.8. The first-order valence-electron chi connectivity index (χ1n) is 13.5. The lowest BCUT2D eigenvalue weighted by Gasteiger charge is -2.27. The Kier molecular flexibility index (Phi) is 9.53. The highest BCUT2D eigenvalue weighted by Crippen LogP contribution is 2.45. The van der Waals surface area contributed by atoms with E-state index in [-0.39, 0.29) is 17.2 Å². The van der Waals surface area contributed by atoms with E-state index in [1.165, 1.54) is 0 Å². The fourth-order valence-corrected chi connectivity index (χ4v) is 4.46. The van der Waals surface area contributed by atoms with Gasteiger partial charge >= 0.3 is 5.97 Å². The van der Waals surface area contributed by atoms with Crippen molar-refractivity contribution in [2.75, 3.05) is 20.3 Å². The number of unbranched alkanes of at least 4 members (excludes halogenated alkanes) is 2. The first-order chi connectivity index (χ1) is 19.5. The van der Waals surface area contributed by atoms with Crippen LogP contribution in [-0.2, 0) is 0 Å². The van der Waals surface area contributed by atoms with Crippen LogP contribution in [0.5, 0.6) is 28.7 Å². The summed E-state index contributed by atoms with van der Waals surface area (Å²) >= 11 is 0. The van der Waals surface area contributed by atoms with Crippen LogP contribution >= 0.6 is 0 Å². The highest BCUT2D eigenvalue weighted by molar-refractivity contribution is 5.91. The zero-order valence-electron chi connectivity index (χ0n) is 23.1. The molecule has 0 amide bonds.